The van der Waals surface area contributed by atoms with Crippen molar-refractivity contribution >= 4 is 5.84 Å². The van der Waals surface area contributed by atoms with E-state index in [1.54, 1.807) is 7.11 Å². The van der Waals surface area contributed by atoms with Gasteiger partial charge in [0.25, 0.3) is 0 Å². The largest absolute Gasteiger partial charge is 0.387 e. The van der Waals surface area contributed by atoms with Crippen molar-refractivity contribution in [3.8, 4) is 0 Å². The van der Waals surface area contributed by atoms with Crippen LogP contribution in [0.4, 0.5) is 0 Å². The van der Waals surface area contributed by atoms with E-state index < -0.39 is 0 Å². The molecule has 16 heavy (non-hydrogen) atoms. The molecule has 4 nitrogen and oxygen atoms in total. The Hall–Kier alpha value is -0.610. The van der Waals surface area contributed by atoms with Gasteiger partial charge >= 0.3 is 0 Å². The Morgan fingerprint density at radius 3 is 2.62 bits per heavy atom. The molecule has 1 saturated carbocycles. The second kappa shape index (κ2) is 8.53. The van der Waals surface area contributed by atoms with Crippen molar-refractivity contribution in [3.05, 3.63) is 0 Å². The number of methoxy groups -OCH3 is 1. The van der Waals surface area contributed by atoms with Crippen molar-refractivity contribution in [2.45, 2.75) is 32.1 Å². The number of aliphatic imine (C=N–C) groups is 1. The molecule has 0 aromatic heterocycles. The van der Waals surface area contributed by atoms with Gasteiger partial charge in [0.1, 0.15) is 0 Å². The lowest BCUT2D eigenvalue weighted by atomic mass is 9.88. The number of nitrogens with zero attached hydrogens (tertiary/aromatic N) is 1. The van der Waals surface area contributed by atoms with Gasteiger partial charge in [-0.1, -0.05) is 19.3 Å². The van der Waals surface area contributed by atoms with Crippen molar-refractivity contribution in [1.82, 2.24) is 0 Å². The zero-order chi connectivity index (χ0) is 11.6. The Morgan fingerprint density at radius 1 is 1.19 bits per heavy atom. The van der Waals surface area contributed by atoms with Crippen LogP contribution in [0.15, 0.2) is 4.99 Å². The third-order valence-corrected chi connectivity index (χ3v) is 2.99. The SMILES string of the molecule is COCCOCCN=C(N)C1CCCCC1. The molecular formula is C12H24N2O2. The first-order valence-electron chi connectivity index (χ1n) is 6.21. The minimum Gasteiger partial charge on any atom is -0.387 e. The summed E-state index contributed by atoms with van der Waals surface area (Å²) >= 11 is 0. The number of amidine groups is 1. The van der Waals surface area contributed by atoms with E-state index in [9.17, 15) is 0 Å². The third-order valence-electron chi connectivity index (χ3n) is 2.99. The van der Waals surface area contributed by atoms with Gasteiger partial charge in [-0.2, -0.15) is 0 Å². The number of ether oxygens (including phenoxy) is 2. The van der Waals surface area contributed by atoms with Gasteiger partial charge in [-0.15, -0.1) is 0 Å². The van der Waals surface area contributed by atoms with Crippen LogP contribution < -0.4 is 5.73 Å². The summed E-state index contributed by atoms with van der Waals surface area (Å²) in [5.41, 5.74) is 5.96. The first kappa shape index (κ1) is 13.5. The maximum absolute atomic E-state index is 5.96. The molecule has 1 fully saturated rings. The molecule has 0 spiro atoms. The fourth-order valence-corrected chi connectivity index (χ4v) is 2.01. The van der Waals surface area contributed by atoms with E-state index in [4.69, 9.17) is 15.2 Å². The molecule has 2 N–H and O–H groups in total. The van der Waals surface area contributed by atoms with Crippen molar-refractivity contribution in [2.24, 2.45) is 16.6 Å². The molecule has 0 heterocycles. The zero-order valence-electron chi connectivity index (χ0n) is 10.3. The summed E-state index contributed by atoms with van der Waals surface area (Å²) in [4.78, 5) is 4.37. The van der Waals surface area contributed by atoms with E-state index in [0.29, 0.717) is 32.3 Å². The van der Waals surface area contributed by atoms with Crippen LogP contribution in [0.3, 0.4) is 0 Å². The predicted octanol–water partition coefficient (Wildman–Crippen LogP) is 1.59. The molecule has 0 amide bonds. The standard InChI is InChI=1S/C12H24N2O2/c1-15-9-10-16-8-7-14-12(13)11-5-3-2-4-6-11/h11H,2-10H2,1H3,(H2,13,14). The molecule has 0 aromatic rings. The summed E-state index contributed by atoms with van der Waals surface area (Å²) in [6.07, 6.45) is 6.36. The van der Waals surface area contributed by atoms with E-state index in [1.165, 1.54) is 32.1 Å². The minimum absolute atomic E-state index is 0.521. The van der Waals surface area contributed by atoms with E-state index in [1.807, 2.05) is 0 Å². The highest BCUT2D eigenvalue weighted by molar-refractivity contribution is 5.82. The summed E-state index contributed by atoms with van der Waals surface area (Å²) in [5, 5.41) is 0. The molecule has 0 bridgehead atoms. The molecule has 1 aliphatic rings. The molecule has 0 atom stereocenters. The van der Waals surface area contributed by atoms with Gasteiger partial charge in [-0.25, -0.2) is 0 Å². The predicted molar refractivity (Wildman–Crippen MR) is 65.8 cm³/mol. The highest BCUT2D eigenvalue weighted by atomic mass is 16.5. The van der Waals surface area contributed by atoms with Gasteiger partial charge in [0.05, 0.1) is 32.2 Å². The Bertz CT molecular complexity index is 201. The lowest BCUT2D eigenvalue weighted by molar-refractivity contribution is 0.0748. The molecule has 0 unspecified atom stereocenters. The molecule has 0 saturated heterocycles. The maximum atomic E-state index is 5.96. The fourth-order valence-electron chi connectivity index (χ4n) is 2.01. The van der Waals surface area contributed by atoms with Crippen molar-refractivity contribution in [1.29, 1.82) is 0 Å². The first-order valence-corrected chi connectivity index (χ1v) is 6.21. The van der Waals surface area contributed by atoms with Crippen LogP contribution in [-0.4, -0.2) is 39.3 Å². The summed E-state index contributed by atoms with van der Waals surface area (Å²) in [6.45, 7) is 2.58. The van der Waals surface area contributed by atoms with Crippen LogP contribution in [0.25, 0.3) is 0 Å². The van der Waals surface area contributed by atoms with Crippen molar-refractivity contribution < 1.29 is 9.47 Å². The van der Waals surface area contributed by atoms with E-state index >= 15 is 0 Å². The van der Waals surface area contributed by atoms with Gasteiger partial charge in [-0.05, 0) is 12.8 Å². The number of rotatable bonds is 7. The van der Waals surface area contributed by atoms with Crippen LogP contribution in [0, 0.1) is 5.92 Å². The van der Waals surface area contributed by atoms with Crippen LogP contribution in [0.2, 0.25) is 0 Å². The molecular weight excluding hydrogens is 204 g/mol. The topological polar surface area (TPSA) is 56.8 Å². The van der Waals surface area contributed by atoms with Gasteiger partial charge in [-0.3, -0.25) is 4.99 Å². The van der Waals surface area contributed by atoms with Crippen LogP contribution in [-0.2, 0) is 9.47 Å². The second-order valence-electron chi connectivity index (χ2n) is 4.25. The lowest BCUT2D eigenvalue weighted by Gasteiger charge is -2.20. The van der Waals surface area contributed by atoms with E-state index in [0.717, 1.165) is 5.84 Å². The fraction of sp³-hybridized carbons (Fsp3) is 0.917. The summed E-state index contributed by atoms with van der Waals surface area (Å²) in [6, 6.07) is 0. The first-order chi connectivity index (χ1) is 7.84. The van der Waals surface area contributed by atoms with Crippen LogP contribution in [0.1, 0.15) is 32.1 Å². The summed E-state index contributed by atoms with van der Waals surface area (Å²) in [5.74, 6) is 1.35. The Kier molecular flexibility index (Phi) is 7.17. The maximum Gasteiger partial charge on any atom is 0.0969 e. The van der Waals surface area contributed by atoms with Gasteiger partial charge in [0.2, 0.25) is 0 Å². The van der Waals surface area contributed by atoms with Crippen molar-refractivity contribution in [2.75, 3.05) is 33.5 Å². The van der Waals surface area contributed by atoms with Crippen LogP contribution in [0.5, 0.6) is 0 Å². The monoisotopic (exact) mass is 228 g/mol. The Balaban J connectivity index is 2.07. The van der Waals surface area contributed by atoms with Gasteiger partial charge < -0.3 is 15.2 Å². The Morgan fingerprint density at radius 2 is 1.94 bits per heavy atom. The number of nitrogens with two attached hydrogens (primary N) is 1. The molecule has 4 heteroatoms. The smallest absolute Gasteiger partial charge is 0.0969 e. The Labute approximate surface area is 98.2 Å². The highest BCUT2D eigenvalue weighted by Crippen LogP contribution is 2.23. The third kappa shape index (κ3) is 5.47. The molecule has 0 aliphatic heterocycles. The van der Waals surface area contributed by atoms with Gasteiger partial charge in [0, 0.05) is 13.0 Å². The summed E-state index contributed by atoms with van der Waals surface area (Å²) < 4.78 is 10.2. The molecule has 0 radical (unpaired) electrons. The molecule has 0 aromatic carbocycles. The van der Waals surface area contributed by atoms with E-state index in [2.05, 4.69) is 4.99 Å². The second-order valence-corrected chi connectivity index (χ2v) is 4.25. The normalized spacial score (nSPS) is 18.9. The number of hydrogen-bond donors (Lipinski definition) is 1. The lowest BCUT2D eigenvalue weighted by Crippen LogP contribution is -2.26. The molecule has 1 aliphatic carbocycles. The average Bonchev–Trinajstić information content (AvgIpc) is 2.34. The quantitative estimate of drug-likeness (QED) is 0.409. The molecule has 94 valence electrons. The minimum atomic E-state index is 0.521. The van der Waals surface area contributed by atoms with Crippen molar-refractivity contribution in [3.63, 3.8) is 0 Å². The highest BCUT2D eigenvalue weighted by Gasteiger charge is 2.16. The molecule has 1 rings (SSSR count). The number of hydrogen-bond acceptors (Lipinski definition) is 3. The van der Waals surface area contributed by atoms with Gasteiger partial charge in [0.15, 0.2) is 0 Å². The summed E-state index contributed by atoms with van der Waals surface area (Å²) in [7, 11) is 1.67. The zero-order valence-corrected chi connectivity index (χ0v) is 10.3. The average molecular weight is 228 g/mol. The van der Waals surface area contributed by atoms with Crippen LogP contribution >= 0.6 is 0 Å². The van der Waals surface area contributed by atoms with E-state index in [-0.39, 0.29) is 0 Å².